The van der Waals surface area contributed by atoms with E-state index in [9.17, 15) is 4.79 Å². The van der Waals surface area contributed by atoms with Crippen molar-refractivity contribution in [1.82, 2.24) is 5.32 Å². The van der Waals surface area contributed by atoms with Gasteiger partial charge in [0.1, 0.15) is 30.5 Å². The van der Waals surface area contributed by atoms with Crippen LogP contribution >= 0.6 is 12.2 Å². The van der Waals surface area contributed by atoms with Gasteiger partial charge in [-0.2, -0.15) is 0 Å². The molecule has 0 atom stereocenters. The summed E-state index contributed by atoms with van der Waals surface area (Å²) in [5, 5.41) is 5.90. The summed E-state index contributed by atoms with van der Waals surface area (Å²) < 4.78 is 17.0. The van der Waals surface area contributed by atoms with E-state index in [1.54, 1.807) is 18.2 Å². The molecular formula is C26H28N2O4S. The van der Waals surface area contributed by atoms with Gasteiger partial charge in [-0.1, -0.05) is 38.1 Å². The lowest BCUT2D eigenvalue weighted by molar-refractivity contribution is 0.0977. The maximum absolute atomic E-state index is 12.5. The number of para-hydroxylation sites is 1. The third-order valence-corrected chi connectivity index (χ3v) is 4.59. The van der Waals surface area contributed by atoms with E-state index in [0.717, 1.165) is 11.4 Å². The Hall–Kier alpha value is -3.58. The van der Waals surface area contributed by atoms with Crippen LogP contribution in [0.1, 0.15) is 24.2 Å². The van der Waals surface area contributed by atoms with Crippen molar-refractivity contribution in [3.05, 3.63) is 84.4 Å². The first-order valence-electron chi connectivity index (χ1n) is 10.8. The number of rotatable bonds is 10. The van der Waals surface area contributed by atoms with Gasteiger partial charge in [-0.15, -0.1) is 0 Å². The number of benzene rings is 3. The summed E-state index contributed by atoms with van der Waals surface area (Å²) in [5.74, 6) is 2.27. The van der Waals surface area contributed by atoms with Gasteiger partial charge in [0.25, 0.3) is 5.91 Å². The van der Waals surface area contributed by atoms with E-state index in [1.807, 2.05) is 60.7 Å². The van der Waals surface area contributed by atoms with Gasteiger partial charge in [0.15, 0.2) is 5.11 Å². The molecule has 2 N–H and O–H groups in total. The predicted octanol–water partition coefficient (Wildman–Crippen LogP) is 5.31. The van der Waals surface area contributed by atoms with Crippen molar-refractivity contribution < 1.29 is 19.0 Å². The summed E-state index contributed by atoms with van der Waals surface area (Å²) in [6, 6.07) is 23.9. The predicted molar refractivity (Wildman–Crippen MR) is 134 cm³/mol. The lowest BCUT2D eigenvalue weighted by atomic mass is 10.2. The first kappa shape index (κ1) is 24.1. The fourth-order valence-corrected chi connectivity index (χ4v) is 3.01. The van der Waals surface area contributed by atoms with Crippen LogP contribution in [0, 0.1) is 5.92 Å². The van der Waals surface area contributed by atoms with Gasteiger partial charge < -0.3 is 19.5 Å². The molecule has 7 heteroatoms. The second kappa shape index (κ2) is 12.5. The van der Waals surface area contributed by atoms with E-state index in [-0.39, 0.29) is 11.0 Å². The van der Waals surface area contributed by atoms with Crippen LogP contribution in [0.25, 0.3) is 0 Å². The number of nitrogens with one attached hydrogen (secondary N) is 2. The van der Waals surface area contributed by atoms with Crippen LogP contribution in [-0.2, 0) is 0 Å². The van der Waals surface area contributed by atoms with Crippen LogP contribution in [0.5, 0.6) is 17.2 Å². The maximum Gasteiger partial charge on any atom is 0.257 e. The second-order valence-electron chi connectivity index (χ2n) is 7.68. The Kier molecular flexibility index (Phi) is 9.08. The molecule has 0 radical (unpaired) electrons. The van der Waals surface area contributed by atoms with Gasteiger partial charge in [-0.3, -0.25) is 10.1 Å². The monoisotopic (exact) mass is 464 g/mol. The third kappa shape index (κ3) is 8.46. The van der Waals surface area contributed by atoms with Gasteiger partial charge in [0.05, 0.1) is 6.61 Å². The normalized spacial score (nSPS) is 10.4. The zero-order valence-corrected chi connectivity index (χ0v) is 19.6. The molecule has 0 bridgehead atoms. The molecule has 0 saturated heterocycles. The molecule has 172 valence electrons. The molecule has 0 aliphatic carbocycles. The summed E-state index contributed by atoms with van der Waals surface area (Å²) in [6.07, 6.45) is 0. The Labute approximate surface area is 199 Å². The number of amides is 1. The molecule has 0 fully saturated rings. The van der Waals surface area contributed by atoms with Crippen LogP contribution in [0.15, 0.2) is 78.9 Å². The van der Waals surface area contributed by atoms with Gasteiger partial charge in [-0.25, -0.2) is 0 Å². The highest BCUT2D eigenvalue weighted by molar-refractivity contribution is 7.80. The SMILES string of the molecule is CC(C)COc1cccc(C(=O)NC(=S)Nc2ccc(OCCOc3ccccc3)cc2)c1. The van der Waals surface area contributed by atoms with Crippen molar-refractivity contribution >= 4 is 28.9 Å². The number of ether oxygens (including phenoxy) is 3. The summed E-state index contributed by atoms with van der Waals surface area (Å²) in [5.41, 5.74) is 1.21. The van der Waals surface area contributed by atoms with E-state index in [2.05, 4.69) is 24.5 Å². The highest BCUT2D eigenvalue weighted by atomic mass is 32.1. The number of carbonyl (C=O) groups is 1. The van der Waals surface area contributed by atoms with Crippen LogP contribution < -0.4 is 24.8 Å². The fourth-order valence-electron chi connectivity index (χ4n) is 2.80. The Morgan fingerprint density at radius 1 is 0.818 bits per heavy atom. The minimum absolute atomic E-state index is 0.207. The molecule has 3 rings (SSSR count). The molecule has 0 aromatic heterocycles. The van der Waals surface area contributed by atoms with Crippen molar-refractivity contribution in [2.75, 3.05) is 25.1 Å². The second-order valence-corrected chi connectivity index (χ2v) is 8.08. The van der Waals surface area contributed by atoms with Crippen molar-refractivity contribution in [1.29, 1.82) is 0 Å². The van der Waals surface area contributed by atoms with E-state index in [4.69, 9.17) is 26.4 Å². The summed E-state index contributed by atoms with van der Waals surface area (Å²) in [6.45, 7) is 5.60. The van der Waals surface area contributed by atoms with Gasteiger partial charge >= 0.3 is 0 Å². The van der Waals surface area contributed by atoms with E-state index in [0.29, 0.717) is 42.8 Å². The average Bonchev–Trinajstić information content (AvgIpc) is 2.82. The fraction of sp³-hybridized carbons (Fsp3) is 0.231. The Balaban J connectivity index is 1.42. The summed E-state index contributed by atoms with van der Waals surface area (Å²) in [7, 11) is 0. The summed E-state index contributed by atoms with van der Waals surface area (Å²) in [4.78, 5) is 12.5. The molecule has 0 spiro atoms. The molecule has 1 amide bonds. The van der Waals surface area contributed by atoms with Crippen LogP contribution in [-0.4, -0.2) is 30.8 Å². The number of carbonyl (C=O) groups excluding carboxylic acids is 1. The smallest absolute Gasteiger partial charge is 0.257 e. The molecule has 0 heterocycles. The first-order chi connectivity index (χ1) is 16.0. The summed E-state index contributed by atoms with van der Waals surface area (Å²) >= 11 is 5.27. The Morgan fingerprint density at radius 2 is 1.45 bits per heavy atom. The first-order valence-corrected chi connectivity index (χ1v) is 11.2. The topological polar surface area (TPSA) is 68.8 Å². The number of hydrogen-bond donors (Lipinski definition) is 2. The molecule has 0 saturated carbocycles. The zero-order chi connectivity index (χ0) is 23.5. The Morgan fingerprint density at radius 3 is 2.12 bits per heavy atom. The number of thiocarbonyl (C=S) groups is 1. The van der Waals surface area contributed by atoms with Crippen molar-refractivity contribution in [3.8, 4) is 17.2 Å². The molecule has 0 unspecified atom stereocenters. The van der Waals surface area contributed by atoms with Crippen LogP contribution in [0.2, 0.25) is 0 Å². The van der Waals surface area contributed by atoms with Gasteiger partial charge in [0.2, 0.25) is 0 Å². The van der Waals surface area contributed by atoms with E-state index >= 15 is 0 Å². The molecule has 3 aromatic rings. The molecular weight excluding hydrogens is 436 g/mol. The third-order valence-electron chi connectivity index (χ3n) is 4.38. The number of hydrogen-bond acceptors (Lipinski definition) is 5. The van der Waals surface area contributed by atoms with Gasteiger partial charge in [-0.05, 0) is 72.7 Å². The zero-order valence-electron chi connectivity index (χ0n) is 18.7. The quantitative estimate of drug-likeness (QED) is 0.313. The number of anilines is 1. The lowest BCUT2D eigenvalue weighted by Crippen LogP contribution is -2.34. The van der Waals surface area contributed by atoms with Crippen LogP contribution in [0.4, 0.5) is 5.69 Å². The van der Waals surface area contributed by atoms with E-state index in [1.165, 1.54) is 0 Å². The molecule has 33 heavy (non-hydrogen) atoms. The molecule has 3 aromatic carbocycles. The minimum Gasteiger partial charge on any atom is -0.493 e. The molecule has 0 aliphatic heterocycles. The van der Waals surface area contributed by atoms with Crippen molar-refractivity contribution in [2.24, 2.45) is 5.92 Å². The maximum atomic E-state index is 12.5. The lowest BCUT2D eigenvalue weighted by Gasteiger charge is -2.12. The van der Waals surface area contributed by atoms with Gasteiger partial charge in [0, 0.05) is 11.3 Å². The van der Waals surface area contributed by atoms with Crippen LogP contribution in [0.3, 0.4) is 0 Å². The average molecular weight is 465 g/mol. The minimum atomic E-state index is -0.305. The molecule has 6 nitrogen and oxygen atoms in total. The standard InChI is InChI=1S/C26H28N2O4S/c1-19(2)18-32-24-10-6-7-20(17-24)25(29)28-26(33)27-21-11-13-23(14-12-21)31-16-15-30-22-8-4-3-5-9-22/h3-14,17,19H,15-16,18H2,1-2H3,(H2,27,28,29,33). The molecule has 0 aliphatic rings. The van der Waals surface area contributed by atoms with E-state index < -0.39 is 0 Å². The van der Waals surface area contributed by atoms with Crippen molar-refractivity contribution in [3.63, 3.8) is 0 Å². The Bertz CT molecular complexity index is 1040. The highest BCUT2D eigenvalue weighted by Crippen LogP contribution is 2.17. The largest absolute Gasteiger partial charge is 0.493 e. The van der Waals surface area contributed by atoms with Crippen molar-refractivity contribution in [2.45, 2.75) is 13.8 Å². The highest BCUT2D eigenvalue weighted by Gasteiger charge is 2.10.